The van der Waals surface area contributed by atoms with Crippen LogP contribution in [0.4, 0.5) is 0 Å². The number of hydroxylamine groups is 1. The van der Waals surface area contributed by atoms with Crippen LogP contribution in [0.2, 0.25) is 0 Å². The monoisotopic (exact) mass is 355 g/mol. The highest BCUT2D eigenvalue weighted by Crippen LogP contribution is 2.45. The molecule has 2 fully saturated rings. The van der Waals surface area contributed by atoms with Crippen LogP contribution >= 0.6 is 0 Å². The molecule has 2 saturated heterocycles. The van der Waals surface area contributed by atoms with Gasteiger partial charge in [0, 0.05) is 0 Å². The first-order valence-electron chi connectivity index (χ1n) is 7.85. The van der Waals surface area contributed by atoms with E-state index in [4.69, 9.17) is 14.7 Å². The first-order valence-corrected chi connectivity index (χ1v) is 9.50. The fraction of sp³-hybridized carbons (Fsp3) is 0.562. The van der Waals surface area contributed by atoms with E-state index in [-0.39, 0.29) is 22.9 Å². The second-order valence-electron chi connectivity index (χ2n) is 6.52. The molecule has 2 aliphatic rings. The van der Waals surface area contributed by atoms with Crippen molar-refractivity contribution in [3.05, 3.63) is 24.3 Å². The molecule has 3 rings (SSSR count). The number of sulfone groups is 1. The molecule has 0 aliphatic carbocycles. The number of nitrogens with one attached hydrogen (secondary N) is 1. The SMILES string of the molecule is COc1ccc(S(=O)(=O)CC2(C(=O)NO)CC3CCC(C2)O3)cc1. The molecule has 2 aliphatic heterocycles. The van der Waals surface area contributed by atoms with Crippen molar-refractivity contribution in [2.45, 2.75) is 42.8 Å². The largest absolute Gasteiger partial charge is 0.497 e. The summed E-state index contributed by atoms with van der Waals surface area (Å²) in [5.74, 6) is -0.449. The third-order valence-electron chi connectivity index (χ3n) is 4.90. The van der Waals surface area contributed by atoms with Gasteiger partial charge in [0.1, 0.15) is 5.75 Å². The molecular formula is C16H21NO6S. The average molecular weight is 355 g/mol. The maximum Gasteiger partial charge on any atom is 0.250 e. The summed E-state index contributed by atoms with van der Waals surface area (Å²) in [4.78, 5) is 12.4. The lowest BCUT2D eigenvalue weighted by Crippen LogP contribution is -2.50. The minimum atomic E-state index is -3.70. The zero-order chi connectivity index (χ0) is 17.4. The van der Waals surface area contributed by atoms with Crippen molar-refractivity contribution in [3.63, 3.8) is 0 Å². The lowest BCUT2D eigenvalue weighted by Gasteiger charge is -2.38. The van der Waals surface area contributed by atoms with Crippen LogP contribution in [0.15, 0.2) is 29.2 Å². The van der Waals surface area contributed by atoms with Crippen molar-refractivity contribution >= 4 is 15.7 Å². The number of benzene rings is 1. The Morgan fingerprint density at radius 1 is 1.29 bits per heavy atom. The number of rotatable bonds is 5. The van der Waals surface area contributed by atoms with Crippen LogP contribution in [-0.4, -0.2) is 44.6 Å². The minimum Gasteiger partial charge on any atom is -0.497 e. The number of methoxy groups -OCH3 is 1. The van der Waals surface area contributed by atoms with E-state index in [9.17, 15) is 13.2 Å². The molecule has 8 heteroatoms. The van der Waals surface area contributed by atoms with Gasteiger partial charge < -0.3 is 9.47 Å². The summed E-state index contributed by atoms with van der Waals surface area (Å²) < 4.78 is 36.4. The van der Waals surface area contributed by atoms with Gasteiger partial charge in [-0.15, -0.1) is 0 Å². The molecule has 2 heterocycles. The molecule has 24 heavy (non-hydrogen) atoms. The molecule has 0 aromatic heterocycles. The molecule has 2 atom stereocenters. The Morgan fingerprint density at radius 2 is 1.88 bits per heavy atom. The molecule has 0 radical (unpaired) electrons. The highest BCUT2D eigenvalue weighted by Gasteiger charge is 2.51. The predicted octanol–water partition coefficient (Wildman–Crippen LogP) is 1.30. The fourth-order valence-corrected chi connectivity index (χ4v) is 5.56. The maximum absolute atomic E-state index is 12.8. The maximum atomic E-state index is 12.8. The molecule has 1 amide bonds. The topological polar surface area (TPSA) is 102 Å². The van der Waals surface area contributed by atoms with E-state index in [1.807, 2.05) is 0 Å². The van der Waals surface area contributed by atoms with Crippen LogP contribution in [0.25, 0.3) is 0 Å². The molecule has 132 valence electrons. The van der Waals surface area contributed by atoms with Gasteiger partial charge in [0.15, 0.2) is 9.84 Å². The van der Waals surface area contributed by atoms with Crippen molar-refractivity contribution in [1.82, 2.24) is 5.48 Å². The van der Waals surface area contributed by atoms with Crippen molar-refractivity contribution in [3.8, 4) is 5.75 Å². The molecule has 2 unspecified atom stereocenters. The molecule has 2 bridgehead atoms. The van der Waals surface area contributed by atoms with Crippen LogP contribution in [0.5, 0.6) is 5.75 Å². The van der Waals surface area contributed by atoms with Gasteiger partial charge in [0.05, 0.1) is 35.4 Å². The van der Waals surface area contributed by atoms with E-state index in [2.05, 4.69) is 0 Å². The van der Waals surface area contributed by atoms with Gasteiger partial charge in [-0.25, -0.2) is 13.9 Å². The smallest absolute Gasteiger partial charge is 0.250 e. The molecule has 2 N–H and O–H groups in total. The number of amides is 1. The quantitative estimate of drug-likeness (QED) is 0.610. The summed E-state index contributed by atoms with van der Waals surface area (Å²) in [5, 5.41) is 9.13. The molecular weight excluding hydrogens is 334 g/mol. The molecule has 0 saturated carbocycles. The minimum absolute atomic E-state index is 0.132. The highest BCUT2D eigenvalue weighted by molar-refractivity contribution is 7.91. The summed E-state index contributed by atoms with van der Waals surface area (Å²) in [6.45, 7) is 0. The third kappa shape index (κ3) is 3.13. The van der Waals surface area contributed by atoms with E-state index < -0.39 is 21.2 Å². The summed E-state index contributed by atoms with van der Waals surface area (Å²) in [5.41, 5.74) is 0.489. The first kappa shape index (κ1) is 17.2. The van der Waals surface area contributed by atoms with Gasteiger partial charge in [0.25, 0.3) is 5.91 Å². The van der Waals surface area contributed by atoms with Gasteiger partial charge in [0.2, 0.25) is 0 Å². The van der Waals surface area contributed by atoms with Gasteiger partial charge in [-0.1, -0.05) is 0 Å². The summed E-state index contributed by atoms with van der Waals surface area (Å²) >= 11 is 0. The van der Waals surface area contributed by atoms with Gasteiger partial charge >= 0.3 is 0 Å². The first-order chi connectivity index (χ1) is 11.4. The highest BCUT2D eigenvalue weighted by atomic mass is 32.2. The van der Waals surface area contributed by atoms with Gasteiger partial charge in [-0.3, -0.25) is 10.0 Å². The van der Waals surface area contributed by atoms with Crippen LogP contribution in [0.1, 0.15) is 25.7 Å². The lowest BCUT2D eigenvalue weighted by molar-refractivity contribution is -0.148. The Balaban J connectivity index is 1.90. The second kappa shape index (κ2) is 6.34. The Morgan fingerprint density at radius 3 is 2.38 bits per heavy atom. The summed E-state index contributed by atoms with van der Waals surface area (Å²) in [6, 6.07) is 6.07. The predicted molar refractivity (Wildman–Crippen MR) is 84.5 cm³/mol. The van der Waals surface area contributed by atoms with E-state index in [0.717, 1.165) is 12.8 Å². The summed E-state index contributed by atoms with van der Waals surface area (Å²) in [6.07, 6.45) is 1.96. The standard InChI is InChI=1S/C16H21NO6S/c1-22-11-4-6-14(7-5-11)24(20,21)10-16(15(18)17-19)8-12-2-3-13(9-16)23-12/h4-7,12-13,19H,2-3,8-10H2,1H3,(H,17,18). The van der Waals surface area contributed by atoms with Crippen molar-refractivity contribution in [1.29, 1.82) is 0 Å². The van der Waals surface area contributed by atoms with E-state index in [1.165, 1.54) is 19.2 Å². The van der Waals surface area contributed by atoms with E-state index in [0.29, 0.717) is 18.6 Å². The summed E-state index contributed by atoms with van der Waals surface area (Å²) in [7, 11) is -2.20. The Kier molecular flexibility index (Phi) is 4.54. The van der Waals surface area contributed by atoms with Gasteiger partial charge in [-0.05, 0) is 49.9 Å². The second-order valence-corrected chi connectivity index (χ2v) is 8.51. The Bertz CT molecular complexity index is 703. The van der Waals surface area contributed by atoms with Crippen LogP contribution < -0.4 is 10.2 Å². The fourth-order valence-electron chi connectivity index (χ4n) is 3.75. The number of fused-ring (bicyclic) bond motifs is 2. The van der Waals surface area contributed by atoms with Crippen LogP contribution in [0.3, 0.4) is 0 Å². The van der Waals surface area contributed by atoms with Crippen LogP contribution in [-0.2, 0) is 19.4 Å². The van der Waals surface area contributed by atoms with Gasteiger partial charge in [-0.2, -0.15) is 0 Å². The number of hydrogen-bond donors (Lipinski definition) is 2. The normalized spacial score (nSPS) is 29.2. The number of ether oxygens (including phenoxy) is 2. The van der Waals surface area contributed by atoms with Crippen molar-refractivity contribution in [2.75, 3.05) is 12.9 Å². The lowest BCUT2D eigenvalue weighted by atomic mass is 9.78. The van der Waals surface area contributed by atoms with Crippen molar-refractivity contribution in [2.24, 2.45) is 5.41 Å². The Labute approximate surface area is 140 Å². The average Bonchev–Trinajstić information content (AvgIpc) is 2.92. The zero-order valence-electron chi connectivity index (χ0n) is 13.4. The van der Waals surface area contributed by atoms with E-state index in [1.54, 1.807) is 17.6 Å². The van der Waals surface area contributed by atoms with E-state index >= 15 is 0 Å². The number of carbonyl (C=O) groups is 1. The molecule has 1 aromatic rings. The molecule has 0 spiro atoms. The number of carbonyl (C=O) groups excluding carboxylic acids is 1. The molecule has 7 nitrogen and oxygen atoms in total. The van der Waals surface area contributed by atoms with Crippen LogP contribution in [0, 0.1) is 5.41 Å². The zero-order valence-corrected chi connectivity index (χ0v) is 14.2. The third-order valence-corrected chi connectivity index (χ3v) is 6.82. The Hall–Kier alpha value is -1.64. The number of hydrogen-bond acceptors (Lipinski definition) is 6. The molecule has 1 aromatic carbocycles. The van der Waals surface area contributed by atoms with Crippen molar-refractivity contribution < 1.29 is 27.9 Å².